The molecule has 5 heteroatoms. The number of nitrogens with zero attached hydrogens (tertiary/aromatic N) is 1. The zero-order valence-corrected chi connectivity index (χ0v) is 13.1. The molecule has 0 amide bonds. The van der Waals surface area contributed by atoms with Crippen molar-refractivity contribution in [2.24, 2.45) is 0 Å². The van der Waals surface area contributed by atoms with Crippen molar-refractivity contribution < 1.29 is 13.2 Å². The first-order valence-electron chi connectivity index (χ1n) is 6.55. The summed E-state index contributed by atoms with van der Waals surface area (Å²) in [5.41, 5.74) is 1.54. The molecule has 0 fully saturated rings. The first kappa shape index (κ1) is 15.8. The minimum absolute atomic E-state index is 0.105. The molecule has 0 aliphatic rings. The summed E-state index contributed by atoms with van der Waals surface area (Å²) in [5.74, 6) is 0.596. The molecule has 2 aromatic carbocycles. The predicted molar refractivity (Wildman–Crippen MR) is 84.9 cm³/mol. The van der Waals surface area contributed by atoms with Crippen LogP contribution < -0.4 is 4.74 Å². The van der Waals surface area contributed by atoms with Gasteiger partial charge in [-0.3, -0.25) is 0 Å². The van der Waals surface area contributed by atoms with E-state index >= 15 is 0 Å². The van der Waals surface area contributed by atoms with E-state index in [9.17, 15) is 13.7 Å². The Kier molecular flexibility index (Phi) is 4.64. The van der Waals surface area contributed by atoms with Gasteiger partial charge in [-0.15, -0.1) is 0 Å². The molecule has 0 unspecified atom stereocenters. The highest BCUT2D eigenvalue weighted by molar-refractivity contribution is 7.95. The topological polar surface area (TPSA) is 67.2 Å². The van der Waals surface area contributed by atoms with E-state index in [0.717, 1.165) is 5.56 Å². The van der Waals surface area contributed by atoms with Crippen LogP contribution in [-0.2, 0) is 9.84 Å². The molecule has 0 aromatic heterocycles. The van der Waals surface area contributed by atoms with E-state index < -0.39 is 9.84 Å². The first-order valence-corrected chi connectivity index (χ1v) is 8.03. The van der Waals surface area contributed by atoms with Gasteiger partial charge in [0, 0.05) is 0 Å². The summed E-state index contributed by atoms with van der Waals surface area (Å²) in [4.78, 5) is -0.196. The van der Waals surface area contributed by atoms with Gasteiger partial charge in [-0.05, 0) is 42.8 Å². The Bertz CT molecular complexity index is 844. The second-order valence-corrected chi connectivity index (χ2v) is 6.63. The molecule has 112 valence electrons. The van der Waals surface area contributed by atoms with Crippen molar-refractivity contribution in [1.29, 1.82) is 5.26 Å². The highest BCUT2D eigenvalue weighted by Gasteiger charge is 2.20. The number of allylic oxidation sites excluding steroid dienone is 1. The van der Waals surface area contributed by atoms with Gasteiger partial charge in [0.15, 0.2) is 0 Å². The van der Waals surface area contributed by atoms with Crippen LogP contribution >= 0.6 is 0 Å². The summed E-state index contributed by atoms with van der Waals surface area (Å²) in [6, 6.07) is 15.0. The van der Waals surface area contributed by atoms with Crippen molar-refractivity contribution in [3.8, 4) is 11.8 Å². The van der Waals surface area contributed by atoms with Crippen molar-refractivity contribution in [3.05, 3.63) is 64.6 Å². The van der Waals surface area contributed by atoms with Crippen molar-refractivity contribution in [2.75, 3.05) is 7.11 Å². The van der Waals surface area contributed by atoms with Gasteiger partial charge < -0.3 is 4.74 Å². The Labute approximate surface area is 130 Å². The van der Waals surface area contributed by atoms with Gasteiger partial charge in [0.25, 0.3) is 0 Å². The standard InChI is InChI=1S/C17H15NO3S/c1-13-6-8-16(9-7-13)22(19,20)17(12-18)11-14-4-3-5-15(10-14)21-2/h3-11H,1-2H3. The Morgan fingerprint density at radius 2 is 1.86 bits per heavy atom. The number of methoxy groups -OCH3 is 1. The lowest BCUT2D eigenvalue weighted by Gasteiger charge is -2.04. The minimum Gasteiger partial charge on any atom is -0.497 e. The maximum atomic E-state index is 12.5. The van der Waals surface area contributed by atoms with Crippen molar-refractivity contribution >= 4 is 15.9 Å². The molecule has 0 heterocycles. The van der Waals surface area contributed by atoms with Gasteiger partial charge in [0.1, 0.15) is 16.7 Å². The maximum Gasteiger partial charge on any atom is 0.216 e. The lowest BCUT2D eigenvalue weighted by atomic mass is 10.2. The number of hydrogen-bond donors (Lipinski definition) is 0. The van der Waals surface area contributed by atoms with Crippen LogP contribution in [0.15, 0.2) is 58.3 Å². The summed E-state index contributed by atoms with van der Waals surface area (Å²) in [5, 5.41) is 9.24. The lowest BCUT2D eigenvalue weighted by molar-refractivity contribution is 0.414. The fourth-order valence-electron chi connectivity index (χ4n) is 1.90. The minimum atomic E-state index is -3.83. The third kappa shape index (κ3) is 3.35. The fourth-order valence-corrected chi connectivity index (χ4v) is 3.06. The van der Waals surface area contributed by atoms with Gasteiger partial charge >= 0.3 is 0 Å². The fraction of sp³-hybridized carbons (Fsp3) is 0.118. The smallest absolute Gasteiger partial charge is 0.216 e. The van der Waals surface area contributed by atoms with Crippen LogP contribution in [0.4, 0.5) is 0 Å². The zero-order chi connectivity index (χ0) is 16.2. The van der Waals surface area contributed by atoms with E-state index in [1.807, 2.05) is 6.92 Å². The summed E-state index contributed by atoms with van der Waals surface area (Å²) < 4.78 is 30.1. The van der Waals surface area contributed by atoms with Crippen LogP contribution in [0, 0.1) is 18.3 Å². The number of benzene rings is 2. The third-order valence-corrected chi connectivity index (χ3v) is 4.80. The number of hydrogen-bond acceptors (Lipinski definition) is 4. The van der Waals surface area contributed by atoms with Crippen LogP contribution in [0.1, 0.15) is 11.1 Å². The van der Waals surface area contributed by atoms with Crippen LogP contribution in [0.2, 0.25) is 0 Å². The van der Waals surface area contributed by atoms with Crippen LogP contribution in [-0.4, -0.2) is 15.5 Å². The lowest BCUT2D eigenvalue weighted by Crippen LogP contribution is -2.03. The Morgan fingerprint density at radius 1 is 1.18 bits per heavy atom. The molecule has 0 radical (unpaired) electrons. The monoisotopic (exact) mass is 313 g/mol. The van der Waals surface area contributed by atoms with Crippen molar-refractivity contribution in [3.63, 3.8) is 0 Å². The van der Waals surface area contributed by atoms with E-state index in [0.29, 0.717) is 11.3 Å². The van der Waals surface area contributed by atoms with Gasteiger partial charge in [-0.1, -0.05) is 29.8 Å². The first-order chi connectivity index (χ1) is 10.5. The molecule has 4 nitrogen and oxygen atoms in total. The molecule has 2 aromatic rings. The molecular formula is C17H15NO3S. The van der Waals surface area contributed by atoms with Gasteiger partial charge in [-0.25, -0.2) is 8.42 Å². The number of aryl methyl sites for hydroxylation is 1. The number of ether oxygens (including phenoxy) is 1. The highest BCUT2D eigenvalue weighted by atomic mass is 32.2. The highest BCUT2D eigenvalue weighted by Crippen LogP contribution is 2.23. The Hall–Kier alpha value is -2.58. The second-order valence-electron chi connectivity index (χ2n) is 4.71. The summed E-state index contributed by atoms with van der Waals surface area (Å²) in [7, 11) is -2.30. The largest absolute Gasteiger partial charge is 0.497 e. The van der Waals surface area contributed by atoms with Gasteiger partial charge in [0.2, 0.25) is 9.84 Å². The van der Waals surface area contributed by atoms with E-state index in [2.05, 4.69) is 0 Å². The molecule has 0 spiro atoms. The average molecular weight is 313 g/mol. The molecule has 22 heavy (non-hydrogen) atoms. The Morgan fingerprint density at radius 3 is 2.45 bits per heavy atom. The molecule has 0 aliphatic heterocycles. The van der Waals surface area contributed by atoms with Crippen LogP contribution in [0.3, 0.4) is 0 Å². The van der Waals surface area contributed by atoms with E-state index in [4.69, 9.17) is 4.74 Å². The van der Waals surface area contributed by atoms with E-state index in [1.54, 1.807) is 42.5 Å². The Balaban J connectivity index is 2.48. The van der Waals surface area contributed by atoms with Gasteiger partial charge in [0.05, 0.1) is 12.0 Å². The number of sulfone groups is 1. The van der Waals surface area contributed by atoms with E-state index in [1.165, 1.54) is 25.3 Å². The predicted octanol–water partition coefficient (Wildman–Crippen LogP) is 3.34. The second kappa shape index (κ2) is 6.46. The van der Waals surface area contributed by atoms with Crippen molar-refractivity contribution in [2.45, 2.75) is 11.8 Å². The molecule has 0 bridgehead atoms. The maximum absolute atomic E-state index is 12.5. The molecule has 0 atom stereocenters. The SMILES string of the molecule is COc1cccc(C=C(C#N)S(=O)(=O)c2ccc(C)cc2)c1. The van der Waals surface area contributed by atoms with Crippen molar-refractivity contribution in [1.82, 2.24) is 0 Å². The summed E-state index contributed by atoms with van der Waals surface area (Å²) >= 11 is 0. The van der Waals surface area contributed by atoms with Gasteiger partial charge in [-0.2, -0.15) is 5.26 Å². The van der Waals surface area contributed by atoms with Crippen LogP contribution in [0.5, 0.6) is 5.75 Å². The summed E-state index contributed by atoms with van der Waals surface area (Å²) in [6.07, 6.45) is 1.34. The van der Waals surface area contributed by atoms with E-state index in [-0.39, 0.29) is 9.80 Å². The third-order valence-electron chi connectivity index (χ3n) is 3.12. The molecule has 0 saturated heterocycles. The molecule has 0 saturated carbocycles. The summed E-state index contributed by atoms with van der Waals surface area (Å²) in [6.45, 7) is 1.87. The molecule has 0 N–H and O–H groups in total. The number of nitriles is 1. The zero-order valence-electron chi connectivity index (χ0n) is 12.3. The quantitative estimate of drug-likeness (QED) is 0.812. The molecule has 0 aliphatic carbocycles. The molecule has 2 rings (SSSR count). The molecular weight excluding hydrogens is 298 g/mol. The van der Waals surface area contributed by atoms with Crippen LogP contribution in [0.25, 0.3) is 6.08 Å². The normalized spacial score (nSPS) is 11.8. The number of rotatable bonds is 4. The average Bonchev–Trinajstić information content (AvgIpc) is 2.53.